The molecule has 3 rings (SSSR count). The summed E-state index contributed by atoms with van der Waals surface area (Å²) >= 11 is 0. The summed E-state index contributed by atoms with van der Waals surface area (Å²) in [6, 6.07) is 23.8. The molecule has 1 fully saturated rings. The van der Waals surface area contributed by atoms with E-state index in [1.807, 2.05) is 156 Å². The third kappa shape index (κ3) is 99.2. The third-order valence-corrected chi connectivity index (χ3v) is 2.89. The largest absolute Gasteiger partial charge is 0.397 e. The van der Waals surface area contributed by atoms with Gasteiger partial charge in [0.1, 0.15) is 0 Å². The maximum absolute atomic E-state index is 10.4. The Labute approximate surface area is 261 Å². The highest BCUT2D eigenvalue weighted by Crippen LogP contribution is 1.84. The molecule has 0 bridgehead atoms. The quantitative estimate of drug-likeness (QED) is 0.228. The van der Waals surface area contributed by atoms with Crippen LogP contribution >= 0.6 is 0 Å². The second-order valence-corrected chi connectivity index (χ2v) is 6.02. The second-order valence-electron chi connectivity index (χ2n) is 6.02. The summed E-state index contributed by atoms with van der Waals surface area (Å²) in [6.07, 6.45) is 0. The van der Waals surface area contributed by atoms with Crippen LogP contribution in [0.2, 0.25) is 0 Å². The number of carbonyl (C=O) groups excluding carboxylic acids is 2. The molecule has 5 N–H and O–H groups in total. The first-order chi connectivity index (χ1) is 20.5. The molecule has 250 valence electrons. The number of urea groups is 2. The first kappa shape index (κ1) is 54.9. The second kappa shape index (κ2) is 71.3. The molecule has 8 heteroatoms. The molecule has 1 saturated heterocycles. The zero-order valence-corrected chi connectivity index (χ0v) is 29.5. The minimum absolute atomic E-state index is 0.0880. The highest BCUT2D eigenvalue weighted by Gasteiger charge is 1.94. The van der Waals surface area contributed by atoms with Gasteiger partial charge in [-0.05, 0) is 34.6 Å². The molecular formula is C34H70N4O4. The lowest BCUT2D eigenvalue weighted by atomic mass is 10.4. The van der Waals surface area contributed by atoms with Crippen molar-refractivity contribution in [2.45, 2.75) is 90.0 Å². The predicted molar refractivity (Wildman–Crippen MR) is 187 cm³/mol. The first-order valence-corrected chi connectivity index (χ1v) is 15.8. The molecule has 1 aliphatic heterocycles. The number of aliphatic hydroxyl groups excluding tert-OH is 1. The Hall–Kier alpha value is -3.10. The lowest BCUT2D eigenvalue weighted by molar-refractivity contribution is 0.241. The fraction of sp³-hybridized carbons (Fsp3) is 0.588. The van der Waals surface area contributed by atoms with E-state index in [0.29, 0.717) is 26.2 Å². The monoisotopic (exact) mass is 599 g/mol. The van der Waals surface area contributed by atoms with Crippen molar-refractivity contribution in [3.8, 4) is 0 Å². The van der Waals surface area contributed by atoms with Crippen molar-refractivity contribution >= 4 is 12.1 Å². The number of carbonyl (C=O) groups is 2. The Kier molecular flexibility index (Phi) is 93.2. The van der Waals surface area contributed by atoms with Crippen LogP contribution in [-0.4, -0.2) is 63.2 Å². The molecule has 1 aliphatic rings. The topological polar surface area (TPSA) is 115 Å². The highest BCUT2D eigenvalue weighted by molar-refractivity contribution is 5.73. The van der Waals surface area contributed by atoms with E-state index in [1.54, 1.807) is 6.92 Å². The molecule has 0 saturated carbocycles. The molecule has 0 aromatic heterocycles. The summed E-state index contributed by atoms with van der Waals surface area (Å²) in [7, 11) is 0. The molecule has 4 amide bonds. The highest BCUT2D eigenvalue weighted by atomic mass is 16.6. The van der Waals surface area contributed by atoms with Gasteiger partial charge in [-0.15, -0.1) is 0 Å². The van der Waals surface area contributed by atoms with Crippen molar-refractivity contribution < 1.29 is 19.4 Å². The van der Waals surface area contributed by atoms with Gasteiger partial charge in [-0.3, -0.25) is 0 Å². The molecular weight excluding hydrogens is 528 g/mol. The van der Waals surface area contributed by atoms with Gasteiger partial charge in [-0.2, -0.15) is 0 Å². The maximum Gasteiger partial charge on any atom is 0.314 e. The summed E-state index contributed by atoms with van der Waals surface area (Å²) < 4.78 is 4.50. The Morgan fingerprint density at radius 2 is 0.595 bits per heavy atom. The van der Waals surface area contributed by atoms with Gasteiger partial charge in [0.2, 0.25) is 0 Å². The van der Waals surface area contributed by atoms with E-state index in [9.17, 15) is 9.59 Å². The zero-order chi connectivity index (χ0) is 34.1. The minimum atomic E-state index is -0.0880. The van der Waals surface area contributed by atoms with Crippen molar-refractivity contribution in [1.82, 2.24) is 21.3 Å². The normalized spacial score (nSPS) is 8.14. The van der Waals surface area contributed by atoms with Gasteiger partial charge in [-0.1, -0.05) is 128 Å². The molecule has 0 atom stereocenters. The van der Waals surface area contributed by atoms with Crippen molar-refractivity contribution in [3.05, 3.63) is 72.8 Å². The van der Waals surface area contributed by atoms with Crippen LogP contribution in [-0.2, 0) is 4.74 Å². The SMILES string of the molecule is C1CO1.CC.CC.CC.CC.CCNC(=O)NCC.CCNC(=O)NCC.CCO.c1ccccc1.c1ccccc1. The summed E-state index contributed by atoms with van der Waals surface area (Å²) in [6.45, 7) is 30.2. The number of rotatable bonds is 4. The average molecular weight is 599 g/mol. The van der Waals surface area contributed by atoms with Crippen LogP contribution in [0.4, 0.5) is 9.59 Å². The van der Waals surface area contributed by atoms with E-state index in [1.165, 1.54) is 0 Å². The molecule has 0 unspecified atom stereocenters. The summed E-state index contributed by atoms with van der Waals surface area (Å²) in [5.41, 5.74) is 0. The van der Waals surface area contributed by atoms with Gasteiger partial charge < -0.3 is 31.1 Å². The van der Waals surface area contributed by atoms with E-state index in [-0.39, 0.29) is 18.7 Å². The molecule has 2 aromatic rings. The molecule has 0 radical (unpaired) electrons. The van der Waals surface area contributed by atoms with Gasteiger partial charge in [0.25, 0.3) is 0 Å². The van der Waals surface area contributed by atoms with Gasteiger partial charge in [0.05, 0.1) is 13.2 Å². The Bertz CT molecular complexity index is 494. The van der Waals surface area contributed by atoms with Gasteiger partial charge in [-0.25, -0.2) is 9.59 Å². The van der Waals surface area contributed by atoms with Crippen LogP contribution in [0.15, 0.2) is 72.8 Å². The van der Waals surface area contributed by atoms with Gasteiger partial charge >= 0.3 is 12.1 Å². The van der Waals surface area contributed by atoms with E-state index >= 15 is 0 Å². The van der Waals surface area contributed by atoms with Crippen molar-refractivity contribution in [2.24, 2.45) is 0 Å². The minimum Gasteiger partial charge on any atom is -0.397 e. The lowest BCUT2D eigenvalue weighted by Gasteiger charge is -1.99. The molecule has 8 nitrogen and oxygen atoms in total. The van der Waals surface area contributed by atoms with Crippen LogP contribution in [0.5, 0.6) is 0 Å². The number of nitrogens with one attached hydrogen (secondary N) is 4. The molecule has 0 spiro atoms. The number of hydrogen-bond acceptors (Lipinski definition) is 4. The number of benzene rings is 2. The molecule has 42 heavy (non-hydrogen) atoms. The van der Waals surface area contributed by atoms with E-state index in [4.69, 9.17) is 5.11 Å². The predicted octanol–water partition coefficient (Wildman–Crippen LogP) is 8.14. The summed E-state index contributed by atoms with van der Waals surface area (Å²) in [4.78, 5) is 20.8. The fourth-order valence-electron chi connectivity index (χ4n) is 1.54. The van der Waals surface area contributed by atoms with Gasteiger partial charge in [0, 0.05) is 32.8 Å². The third-order valence-electron chi connectivity index (χ3n) is 2.89. The Balaban J connectivity index is -0.0000000681. The fourth-order valence-corrected chi connectivity index (χ4v) is 1.54. The standard InChI is InChI=1S/2C6H6.2C5H12N2O.C2H4O.C2H6O.4C2H6/c2*1-2-4-6-5-3-1;2*1-3-6-5(8)7-4-2;1-2-3-1;1-2-3;4*1-2/h2*1-6H;2*3-4H2,1-2H3,(H2,6,7,8);1-2H2;3H,2H2,1H3;4*1-2H3. The van der Waals surface area contributed by atoms with Gasteiger partial charge in [0.15, 0.2) is 0 Å². The van der Waals surface area contributed by atoms with Crippen molar-refractivity contribution in [3.63, 3.8) is 0 Å². The number of hydrogen-bond donors (Lipinski definition) is 5. The average Bonchev–Trinajstić information content (AvgIpc) is 3.95. The molecule has 0 aliphatic carbocycles. The van der Waals surface area contributed by atoms with E-state index in [0.717, 1.165) is 13.2 Å². The molecule has 2 aromatic carbocycles. The Morgan fingerprint density at radius 1 is 0.476 bits per heavy atom. The van der Waals surface area contributed by atoms with Crippen LogP contribution in [0, 0.1) is 0 Å². The number of ether oxygens (including phenoxy) is 1. The number of epoxide rings is 1. The van der Waals surface area contributed by atoms with Crippen LogP contribution in [0.1, 0.15) is 90.0 Å². The van der Waals surface area contributed by atoms with Crippen LogP contribution < -0.4 is 21.3 Å². The number of amides is 4. The van der Waals surface area contributed by atoms with Crippen molar-refractivity contribution in [2.75, 3.05) is 46.0 Å². The maximum atomic E-state index is 10.4. The first-order valence-electron chi connectivity index (χ1n) is 15.8. The van der Waals surface area contributed by atoms with Crippen LogP contribution in [0.25, 0.3) is 0 Å². The van der Waals surface area contributed by atoms with E-state index < -0.39 is 0 Å². The smallest absolute Gasteiger partial charge is 0.314 e. The van der Waals surface area contributed by atoms with Crippen LogP contribution in [0.3, 0.4) is 0 Å². The Morgan fingerprint density at radius 3 is 0.667 bits per heavy atom. The lowest BCUT2D eigenvalue weighted by Crippen LogP contribution is -2.34. The summed E-state index contributed by atoms with van der Waals surface area (Å²) in [5.74, 6) is 0. The van der Waals surface area contributed by atoms with E-state index in [2.05, 4.69) is 26.0 Å². The number of aliphatic hydroxyl groups is 1. The summed E-state index contributed by atoms with van der Waals surface area (Å²) in [5, 5.41) is 18.0. The molecule has 1 heterocycles. The van der Waals surface area contributed by atoms with Crippen molar-refractivity contribution in [1.29, 1.82) is 0 Å². The zero-order valence-electron chi connectivity index (χ0n) is 29.5.